The summed E-state index contributed by atoms with van der Waals surface area (Å²) in [7, 11) is 0. The van der Waals surface area contributed by atoms with E-state index in [4.69, 9.17) is 15.6 Å². The van der Waals surface area contributed by atoms with Crippen LogP contribution in [0, 0.1) is 5.92 Å². The number of nitrogens with zero attached hydrogens (tertiary/aromatic N) is 1. The zero-order valence-corrected chi connectivity index (χ0v) is 16.4. The predicted octanol–water partition coefficient (Wildman–Crippen LogP) is -0.0285. The number of ether oxygens (including phenoxy) is 2. The quantitative estimate of drug-likeness (QED) is 0.310. The first-order valence-electron chi connectivity index (χ1n) is 8.84. The van der Waals surface area contributed by atoms with Crippen molar-refractivity contribution in [1.82, 2.24) is 4.90 Å². The van der Waals surface area contributed by atoms with Gasteiger partial charge in [0.25, 0.3) is 12.4 Å². The number of esters is 1. The maximum Gasteiger partial charge on any atom is 0.352 e. The molecular formula is C19H18N2O8S. The van der Waals surface area contributed by atoms with Gasteiger partial charge in [0.2, 0.25) is 12.0 Å². The van der Waals surface area contributed by atoms with E-state index in [-0.39, 0.29) is 30.6 Å². The molecule has 2 aliphatic rings. The molecule has 0 bridgehead atoms. The number of thioether (sulfide) groups is 1. The van der Waals surface area contributed by atoms with Gasteiger partial charge in [0.1, 0.15) is 18.2 Å². The van der Waals surface area contributed by atoms with Gasteiger partial charge < -0.3 is 20.3 Å². The molecule has 0 saturated carbocycles. The maximum absolute atomic E-state index is 12.3. The highest BCUT2D eigenvalue weighted by atomic mass is 32.2. The number of β-lactam (4-membered cyclic amide) rings is 1. The molecule has 3 rings (SSSR count). The SMILES string of the molecule is NC(=O)C(OC=O)c1cccc(CC(=O)OCC2C(=O)N3C(C(=O)O)=CCS[C@@H]23)c1. The standard InChI is InChI=1S/C19H18N2O8S/c20-16(24)15(29-9-22)11-3-1-2-10(6-11)7-14(23)28-8-12-17(25)21-13(19(26)27)4-5-30-18(12)21/h1-4,6,9,12,15,18H,5,7-8H2,(H2,20,24)(H,26,27)/t12?,15?,18-/m0/s1. The number of benzene rings is 1. The number of carbonyl (C=O) groups is 5. The van der Waals surface area contributed by atoms with Gasteiger partial charge in [-0.1, -0.05) is 24.3 Å². The minimum atomic E-state index is -1.27. The van der Waals surface area contributed by atoms with Crippen LogP contribution in [0.25, 0.3) is 0 Å². The van der Waals surface area contributed by atoms with Gasteiger partial charge in [-0.25, -0.2) is 4.79 Å². The number of nitrogens with two attached hydrogens (primary N) is 1. The molecule has 2 aliphatic heterocycles. The van der Waals surface area contributed by atoms with Crippen LogP contribution in [0.3, 0.4) is 0 Å². The molecule has 11 heteroatoms. The maximum atomic E-state index is 12.3. The lowest BCUT2D eigenvalue weighted by atomic mass is 9.97. The normalized spacial score (nSPS) is 20.9. The number of carbonyl (C=O) groups excluding carboxylic acids is 4. The molecule has 1 fully saturated rings. The largest absolute Gasteiger partial charge is 0.477 e. The van der Waals surface area contributed by atoms with Crippen LogP contribution in [0.15, 0.2) is 36.0 Å². The first-order valence-corrected chi connectivity index (χ1v) is 9.89. The summed E-state index contributed by atoms with van der Waals surface area (Å²) < 4.78 is 9.89. The molecule has 2 heterocycles. The van der Waals surface area contributed by atoms with Gasteiger partial charge in [0.15, 0.2) is 0 Å². The number of hydrogen-bond acceptors (Lipinski definition) is 8. The molecule has 2 amide bonds. The molecule has 0 radical (unpaired) electrons. The molecule has 0 aliphatic carbocycles. The summed E-state index contributed by atoms with van der Waals surface area (Å²) in [6.45, 7) is -0.0416. The molecule has 3 N–H and O–H groups in total. The molecule has 30 heavy (non-hydrogen) atoms. The van der Waals surface area contributed by atoms with E-state index in [0.717, 1.165) is 0 Å². The van der Waals surface area contributed by atoms with Crippen LogP contribution >= 0.6 is 11.8 Å². The Hall–Kier alpha value is -3.34. The highest BCUT2D eigenvalue weighted by Crippen LogP contribution is 2.41. The number of amides is 2. The minimum absolute atomic E-state index is 0.0512. The molecule has 2 unspecified atom stereocenters. The second kappa shape index (κ2) is 8.99. The molecule has 3 atom stereocenters. The lowest BCUT2D eigenvalue weighted by Gasteiger charge is -2.47. The summed E-state index contributed by atoms with van der Waals surface area (Å²) >= 11 is 1.40. The third kappa shape index (κ3) is 4.30. The van der Waals surface area contributed by atoms with Crippen molar-refractivity contribution in [3.63, 3.8) is 0 Å². The number of aliphatic carboxylic acids is 1. The Bertz CT molecular complexity index is 931. The number of carboxylic acids is 1. The van der Waals surface area contributed by atoms with E-state index in [9.17, 15) is 24.0 Å². The zero-order valence-electron chi connectivity index (χ0n) is 15.6. The van der Waals surface area contributed by atoms with Gasteiger partial charge in [-0.3, -0.25) is 24.1 Å². The number of hydrogen-bond donors (Lipinski definition) is 2. The van der Waals surface area contributed by atoms with Crippen molar-refractivity contribution in [2.45, 2.75) is 17.9 Å². The van der Waals surface area contributed by atoms with Crippen LogP contribution in [-0.2, 0) is 39.9 Å². The number of fused-ring (bicyclic) bond motifs is 1. The predicted molar refractivity (Wildman–Crippen MR) is 102 cm³/mol. The average molecular weight is 434 g/mol. The van der Waals surface area contributed by atoms with E-state index in [1.165, 1.54) is 34.9 Å². The van der Waals surface area contributed by atoms with Crippen molar-refractivity contribution >= 4 is 42.0 Å². The highest BCUT2D eigenvalue weighted by Gasteiger charge is 2.52. The fourth-order valence-electron chi connectivity index (χ4n) is 3.27. The summed E-state index contributed by atoms with van der Waals surface area (Å²) in [4.78, 5) is 58.8. The smallest absolute Gasteiger partial charge is 0.352 e. The van der Waals surface area contributed by atoms with Crippen LogP contribution in [0.2, 0.25) is 0 Å². The number of carboxylic acid groups (broad SMARTS) is 1. The van der Waals surface area contributed by atoms with Crippen LogP contribution in [0.1, 0.15) is 17.2 Å². The average Bonchev–Trinajstić information content (AvgIpc) is 2.71. The highest BCUT2D eigenvalue weighted by molar-refractivity contribution is 8.00. The Labute approximate surface area is 175 Å². The van der Waals surface area contributed by atoms with Gasteiger partial charge in [-0.15, -0.1) is 11.8 Å². The summed E-state index contributed by atoms with van der Waals surface area (Å²) in [6, 6.07) is 6.23. The molecule has 0 aromatic heterocycles. The Kier molecular flexibility index (Phi) is 6.40. The van der Waals surface area contributed by atoms with Crippen molar-refractivity contribution in [1.29, 1.82) is 0 Å². The van der Waals surface area contributed by atoms with E-state index >= 15 is 0 Å². The Morgan fingerprint density at radius 2 is 2.13 bits per heavy atom. The lowest BCUT2D eigenvalue weighted by molar-refractivity contribution is -0.159. The van der Waals surface area contributed by atoms with E-state index in [1.54, 1.807) is 12.1 Å². The van der Waals surface area contributed by atoms with Crippen molar-refractivity contribution in [3.05, 3.63) is 47.2 Å². The van der Waals surface area contributed by atoms with Crippen LogP contribution in [0.5, 0.6) is 0 Å². The van der Waals surface area contributed by atoms with Crippen LogP contribution in [-0.4, -0.2) is 58.0 Å². The van der Waals surface area contributed by atoms with Gasteiger partial charge in [0, 0.05) is 11.3 Å². The third-order valence-electron chi connectivity index (χ3n) is 4.65. The topological polar surface area (TPSA) is 153 Å². The van der Waals surface area contributed by atoms with Gasteiger partial charge >= 0.3 is 11.9 Å². The van der Waals surface area contributed by atoms with E-state index in [0.29, 0.717) is 16.9 Å². The molecular weight excluding hydrogens is 416 g/mol. The first kappa shape index (κ1) is 21.4. The van der Waals surface area contributed by atoms with Crippen molar-refractivity contribution in [3.8, 4) is 0 Å². The van der Waals surface area contributed by atoms with Gasteiger partial charge in [-0.2, -0.15) is 0 Å². The number of primary amides is 1. The summed E-state index contributed by atoms with van der Waals surface area (Å²) in [5.41, 5.74) is 5.98. The molecule has 0 spiro atoms. The summed E-state index contributed by atoms with van der Waals surface area (Å²) in [6.07, 6.45) is 0.0739. The second-order valence-corrected chi connectivity index (χ2v) is 7.70. The van der Waals surface area contributed by atoms with Crippen molar-refractivity contribution < 1.29 is 38.6 Å². The Morgan fingerprint density at radius 1 is 1.37 bits per heavy atom. The fourth-order valence-corrected chi connectivity index (χ4v) is 4.52. The van der Waals surface area contributed by atoms with Crippen LogP contribution in [0.4, 0.5) is 0 Å². The molecule has 10 nitrogen and oxygen atoms in total. The van der Waals surface area contributed by atoms with Crippen LogP contribution < -0.4 is 5.73 Å². The van der Waals surface area contributed by atoms with Gasteiger partial charge in [-0.05, 0) is 11.6 Å². The van der Waals surface area contributed by atoms with E-state index in [2.05, 4.69) is 4.74 Å². The molecule has 1 saturated heterocycles. The minimum Gasteiger partial charge on any atom is -0.477 e. The Morgan fingerprint density at radius 3 is 2.80 bits per heavy atom. The third-order valence-corrected chi connectivity index (χ3v) is 5.89. The van der Waals surface area contributed by atoms with E-state index in [1.807, 2.05) is 0 Å². The molecule has 158 valence electrons. The zero-order chi connectivity index (χ0) is 21.8. The monoisotopic (exact) mass is 434 g/mol. The summed E-state index contributed by atoms with van der Waals surface area (Å²) in [5.74, 6) is -3.16. The fraction of sp³-hybridized carbons (Fsp3) is 0.316. The van der Waals surface area contributed by atoms with E-state index < -0.39 is 35.8 Å². The van der Waals surface area contributed by atoms with Crippen molar-refractivity contribution in [2.24, 2.45) is 11.7 Å². The number of rotatable bonds is 9. The Balaban J connectivity index is 1.57. The molecule has 1 aromatic rings. The lowest BCUT2D eigenvalue weighted by Crippen LogP contribution is -2.62. The first-order chi connectivity index (χ1) is 14.3. The van der Waals surface area contributed by atoms with Gasteiger partial charge in [0.05, 0.1) is 11.8 Å². The van der Waals surface area contributed by atoms with Crippen molar-refractivity contribution in [2.75, 3.05) is 12.4 Å². The second-order valence-electron chi connectivity index (χ2n) is 6.55. The summed E-state index contributed by atoms with van der Waals surface area (Å²) in [5, 5.41) is 8.79. The molecule has 1 aromatic carbocycles.